The Balaban J connectivity index is 1.77. The molecule has 1 aromatic heterocycles. The van der Waals surface area contributed by atoms with Crippen LogP contribution in [0.2, 0.25) is 5.02 Å². The van der Waals surface area contributed by atoms with Gasteiger partial charge < -0.3 is 18.9 Å². The lowest BCUT2D eigenvalue weighted by Crippen LogP contribution is -2.39. The standard InChI is InChI=1S/C24H26ClNO6/c1-13-6-7-18(29-4)15(8-13)24(22(28)32-19-21(27)31-12-23(19,2)3)10-16(24)14-9-17(25)20(30-5)26-11-14/h6-9,11,16,19H,10,12H2,1-5H3/t16-,19+,24-/m1/s1. The van der Waals surface area contributed by atoms with Gasteiger partial charge in [-0.2, -0.15) is 0 Å². The second kappa shape index (κ2) is 7.96. The highest BCUT2D eigenvalue weighted by molar-refractivity contribution is 6.31. The van der Waals surface area contributed by atoms with Gasteiger partial charge in [-0.25, -0.2) is 9.78 Å². The Hall–Kier alpha value is -2.80. The number of carbonyl (C=O) groups is 2. The summed E-state index contributed by atoms with van der Waals surface area (Å²) in [6, 6.07) is 7.43. The molecule has 2 aromatic rings. The fourth-order valence-corrected chi connectivity index (χ4v) is 4.65. The van der Waals surface area contributed by atoms with E-state index in [-0.39, 0.29) is 12.5 Å². The Bertz CT molecular complexity index is 1080. The molecule has 2 heterocycles. The molecule has 1 saturated heterocycles. The highest BCUT2D eigenvalue weighted by Crippen LogP contribution is 2.63. The molecule has 0 N–H and O–H groups in total. The molecule has 0 bridgehead atoms. The van der Waals surface area contributed by atoms with Gasteiger partial charge in [0.15, 0.2) is 0 Å². The summed E-state index contributed by atoms with van der Waals surface area (Å²) in [7, 11) is 3.06. The van der Waals surface area contributed by atoms with Crippen LogP contribution in [0.5, 0.6) is 11.6 Å². The molecule has 32 heavy (non-hydrogen) atoms. The van der Waals surface area contributed by atoms with E-state index in [2.05, 4.69) is 4.98 Å². The van der Waals surface area contributed by atoms with Gasteiger partial charge in [-0.05, 0) is 31.0 Å². The van der Waals surface area contributed by atoms with Crippen LogP contribution in [0.3, 0.4) is 0 Å². The maximum absolute atomic E-state index is 13.7. The average molecular weight is 460 g/mol. The zero-order valence-electron chi connectivity index (χ0n) is 18.7. The number of methoxy groups -OCH3 is 2. The summed E-state index contributed by atoms with van der Waals surface area (Å²) in [6.07, 6.45) is 1.15. The van der Waals surface area contributed by atoms with Crippen molar-refractivity contribution in [1.82, 2.24) is 4.98 Å². The molecular formula is C24H26ClNO6. The van der Waals surface area contributed by atoms with Crippen molar-refractivity contribution in [2.24, 2.45) is 5.41 Å². The zero-order chi connectivity index (χ0) is 23.3. The van der Waals surface area contributed by atoms with Crippen molar-refractivity contribution < 1.29 is 28.5 Å². The van der Waals surface area contributed by atoms with E-state index in [9.17, 15) is 9.59 Å². The first-order chi connectivity index (χ1) is 15.1. The van der Waals surface area contributed by atoms with E-state index in [0.717, 1.165) is 11.1 Å². The average Bonchev–Trinajstić information content (AvgIpc) is 3.47. The molecular weight excluding hydrogens is 434 g/mol. The summed E-state index contributed by atoms with van der Waals surface area (Å²) < 4.78 is 21.7. The normalized spacial score (nSPS) is 25.8. The Kier molecular flexibility index (Phi) is 5.57. The van der Waals surface area contributed by atoms with E-state index in [4.69, 9.17) is 30.5 Å². The summed E-state index contributed by atoms with van der Waals surface area (Å²) in [4.78, 5) is 30.3. The molecule has 1 aliphatic heterocycles. The van der Waals surface area contributed by atoms with Gasteiger partial charge in [0, 0.05) is 23.1 Å². The van der Waals surface area contributed by atoms with Crippen LogP contribution >= 0.6 is 11.6 Å². The van der Waals surface area contributed by atoms with Crippen LogP contribution in [0.1, 0.15) is 42.9 Å². The predicted molar refractivity (Wildman–Crippen MR) is 117 cm³/mol. The first-order valence-electron chi connectivity index (χ1n) is 10.4. The fourth-order valence-electron chi connectivity index (χ4n) is 4.40. The number of aryl methyl sites for hydroxylation is 1. The molecule has 2 aliphatic rings. The first-order valence-corrected chi connectivity index (χ1v) is 10.7. The molecule has 7 nitrogen and oxygen atoms in total. The van der Waals surface area contributed by atoms with E-state index in [1.807, 2.05) is 39.0 Å². The molecule has 170 valence electrons. The molecule has 1 saturated carbocycles. The van der Waals surface area contributed by atoms with Crippen molar-refractivity contribution in [3.63, 3.8) is 0 Å². The molecule has 3 atom stereocenters. The van der Waals surface area contributed by atoms with Crippen LogP contribution in [-0.4, -0.2) is 43.9 Å². The summed E-state index contributed by atoms with van der Waals surface area (Å²) in [6.45, 7) is 5.83. The SMILES string of the molecule is COc1ccc(C)cc1[C@]1(C(=O)O[C@H]2C(=O)OCC2(C)C)C[C@@H]1c1cnc(OC)c(Cl)c1. The third-order valence-corrected chi connectivity index (χ3v) is 6.59. The van der Waals surface area contributed by atoms with Crippen LogP contribution in [-0.2, 0) is 24.5 Å². The number of carbonyl (C=O) groups excluding carboxylic acids is 2. The summed E-state index contributed by atoms with van der Waals surface area (Å²) in [5.74, 6) is -0.373. The maximum Gasteiger partial charge on any atom is 0.348 e. The van der Waals surface area contributed by atoms with Crippen molar-refractivity contribution in [3.8, 4) is 11.6 Å². The summed E-state index contributed by atoms with van der Waals surface area (Å²) in [5, 5.41) is 0.357. The zero-order valence-corrected chi connectivity index (χ0v) is 19.5. The lowest BCUT2D eigenvalue weighted by atomic mass is 9.87. The van der Waals surface area contributed by atoms with E-state index in [1.54, 1.807) is 19.4 Å². The predicted octanol–water partition coefficient (Wildman–Crippen LogP) is 3.98. The monoisotopic (exact) mass is 459 g/mol. The fraction of sp³-hybridized carbons (Fsp3) is 0.458. The highest BCUT2D eigenvalue weighted by atomic mass is 35.5. The van der Waals surface area contributed by atoms with Gasteiger partial charge in [0.05, 0.1) is 14.2 Å². The molecule has 4 rings (SSSR count). The molecule has 1 aromatic carbocycles. The second-order valence-corrected chi connectivity index (χ2v) is 9.48. The van der Waals surface area contributed by atoms with Crippen molar-refractivity contribution in [1.29, 1.82) is 0 Å². The Morgan fingerprint density at radius 1 is 1.22 bits per heavy atom. The third kappa shape index (κ3) is 3.58. The number of rotatable bonds is 6. The van der Waals surface area contributed by atoms with Gasteiger partial charge >= 0.3 is 11.9 Å². The van der Waals surface area contributed by atoms with Gasteiger partial charge in [-0.1, -0.05) is 43.1 Å². The molecule has 2 fully saturated rings. The van der Waals surface area contributed by atoms with Gasteiger partial charge in [-0.3, -0.25) is 4.79 Å². The number of hydrogen-bond acceptors (Lipinski definition) is 7. The Labute approximate surface area is 192 Å². The highest BCUT2D eigenvalue weighted by Gasteiger charge is 2.65. The van der Waals surface area contributed by atoms with Crippen LogP contribution < -0.4 is 9.47 Å². The Morgan fingerprint density at radius 3 is 2.56 bits per heavy atom. The number of pyridine rings is 1. The molecule has 0 unspecified atom stereocenters. The van der Waals surface area contributed by atoms with Gasteiger partial charge in [0.1, 0.15) is 22.8 Å². The van der Waals surface area contributed by atoms with Crippen molar-refractivity contribution in [3.05, 3.63) is 52.2 Å². The smallest absolute Gasteiger partial charge is 0.348 e. The van der Waals surface area contributed by atoms with Crippen molar-refractivity contribution >= 4 is 23.5 Å². The summed E-state index contributed by atoms with van der Waals surface area (Å²) >= 11 is 6.31. The van der Waals surface area contributed by atoms with E-state index < -0.39 is 28.9 Å². The second-order valence-electron chi connectivity index (χ2n) is 9.07. The minimum absolute atomic E-state index is 0.200. The van der Waals surface area contributed by atoms with Crippen molar-refractivity contribution in [2.75, 3.05) is 20.8 Å². The number of ether oxygens (including phenoxy) is 4. The number of esters is 2. The number of halogens is 1. The van der Waals surface area contributed by atoms with Crippen LogP contribution in [0.4, 0.5) is 0 Å². The molecule has 8 heteroatoms. The largest absolute Gasteiger partial charge is 0.496 e. The van der Waals surface area contributed by atoms with Gasteiger partial charge in [-0.15, -0.1) is 0 Å². The number of aromatic nitrogens is 1. The van der Waals surface area contributed by atoms with E-state index in [1.165, 1.54) is 7.11 Å². The minimum Gasteiger partial charge on any atom is -0.496 e. The number of nitrogens with zero attached hydrogens (tertiary/aromatic N) is 1. The van der Waals surface area contributed by atoms with Crippen LogP contribution in [0.15, 0.2) is 30.5 Å². The maximum atomic E-state index is 13.7. The summed E-state index contributed by atoms with van der Waals surface area (Å²) in [5.41, 5.74) is 0.830. The number of benzene rings is 1. The van der Waals surface area contributed by atoms with Gasteiger partial charge in [0.2, 0.25) is 12.0 Å². The van der Waals surface area contributed by atoms with Crippen LogP contribution in [0.25, 0.3) is 0 Å². The molecule has 0 amide bonds. The van der Waals surface area contributed by atoms with Gasteiger partial charge in [0.25, 0.3) is 0 Å². The number of cyclic esters (lactones) is 1. The van der Waals surface area contributed by atoms with Crippen molar-refractivity contribution in [2.45, 2.75) is 44.6 Å². The lowest BCUT2D eigenvalue weighted by Gasteiger charge is -2.26. The quantitative estimate of drug-likeness (QED) is 0.604. The van der Waals surface area contributed by atoms with Crippen LogP contribution in [0, 0.1) is 12.3 Å². The molecule has 0 spiro atoms. The Morgan fingerprint density at radius 2 is 1.97 bits per heavy atom. The topological polar surface area (TPSA) is 84.0 Å². The van der Waals surface area contributed by atoms with E-state index in [0.29, 0.717) is 28.6 Å². The number of hydrogen-bond donors (Lipinski definition) is 0. The lowest BCUT2D eigenvalue weighted by molar-refractivity contribution is -0.165. The third-order valence-electron chi connectivity index (χ3n) is 6.32. The van der Waals surface area contributed by atoms with E-state index >= 15 is 0 Å². The molecule has 1 aliphatic carbocycles. The minimum atomic E-state index is -1.03. The first kappa shape index (κ1) is 22.4. The molecule has 0 radical (unpaired) electrons.